The molecule has 0 spiro atoms. The zero-order valence-electron chi connectivity index (χ0n) is 32.5. The van der Waals surface area contributed by atoms with Gasteiger partial charge in [-0.25, -0.2) is 0 Å². The van der Waals surface area contributed by atoms with Crippen molar-refractivity contribution in [1.29, 1.82) is 0 Å². The molecule has 0 aromatic carbocycles. The van der Waals surface area contributed by atoms with E-state index < -0.39 is 78.5 Å². The highest BCUT2D eigenvalue weighted by atomic mass is 16.7. The van der Waals surface area contributed by atoms with Crippen molar-refractivity contribution < 1.29 is 59.8 Å². The molecule has 20 unspecified atom stereocenters. The summed E-state index contributed by atoms with van der Waals surface area (Å²) in [6, 6.07) is 0. The molecule has 12 nitrogen and oxygen atoms in total. The molecular weight excluding hydrogens is 672 g/mol. The normalized spacial score (nSPS) is 57.7. The molecule has 12 heteroatoms. The van der Waals surface area contributed by atoms with E-state index in [2.05, 4.69) is 41.5 Å². The van der Waals surface area contributed by atoms with E-state index in [9.17, 15) is 40.9 Å². The SMILES string of the molecule is CC(C)(O)C1CCC2(C)C1C(O)CC1(C)C2CCC2C3(C)CCC(OC4OCC(O)C(O)C4O)C(C)(C)C3C(OC3OCC(O)C(O)C3O)CC21C. The van der Waals surface area contributed by atoms with E-state index in [-0.39, 0.29) is 58.5 Å². The van der Waals surface area contributed by atoms with Gasteiger partial charge in [-0.1, -0.05) is 41.5 Å². The molecule has 2 saturated heterocycles. The van der Waals surface area contributed by atoms with Crippen LogP contribution in [0.2, 0.25) is 0 Å². The summed E-state index contributed by atoms with van der Waals surface area (Å²) >= 11 is 0. The molecule has 0 aromatic heterocycles. The monoisotopic (exact) mass is 740 g/mol. The first-order valence-corrected chi connectivity index (χ1v) is 20.1. The van der Waals surface area contributed by atoms with Gasteiger partial charge in [0.15, 0.2) is 12.6 Å². The second kappa shape index (κ2) is 13.0. The standard InChI is InChI=1S/C40H68O12/c1-35(2)26(52-34-31(47)29(45)22(43)18-50-34)12-14-38(6)25-10-9-24-37(5)13-11-19(36(3,4)48)27(37)20(41)15-39(24,7)40(25,8)16-23(32(35)38)51-33-30(46)28(44)21(42)17-49-33/h19-34,41-48H,9-18H2,1-8H3. The Morgan fingerprint density at radius 1 is 0.596 bits per heavy atom. The van der Waals surface area contributed by atoms with Crippen molar-refractivity contribution in [3.63, 3.8) is 0 Å². The average molecular weight is 741 g/mol. The van der Waals surface area contributed by atoms with E-state index in [0.29, 0.717) is 25.2 Å². The van der Waals surface area contributed by atoms with Crippen LogP contribution in [0, 0.1) is 56.7 Å². The summed E-state index contributed by atoms with van der Waals surface area (Å²) in [4.78, 5) is 0. The zero-order valence-corrected chi connectivity index (χ0v) is 32.5. The number of ether oxygens (including phenoxy) is 4. The van der Waals surface area contributed by atoms with Gasteiger partial charge in [0.1, 0.15) is 36.6 Å². The van der Waals surface area contributed by atoms with Crippen molar-refractivity contribution in [2.75, 3.05) is 13.2 Å². The number of hydrogen-bond acceptors (Lipinski definition) is 12. The smallest absolute Gasteiger partial charge is 0.186 e. The maximum absolute atomic E-state index is 12.2. The lowest BCUT2D eigenvalue weighted by Crippen LogP contribution is -2.72. The van der Waals surface area contributed by atoms with E-state index in [1.54, 1.807) is 0 Å². The van der Waals surface area contributed by atoms with Crippen LogP contribution in [0.25, 0.3) is 0 Å². The number of aliphatic hydroxyl groups excluding tert-OH is 7. The number of aliphatic hydroxyl groups is 8. The molecule has 300 valence electrons. The topological polar surface area (TPSA) is 199 Å². The Hall–Kier alpha value is -0.480. The lowest BCUT2D eigenvalue weighted by Gasteiger charge is -2.75. The van der Waals surface area contributed by atoms with E-state index in [0.717, 1.165) is 32.1 Å². The lowest BCUT2D eigenvalue weighted by molar-refractivity contribution is -0.348. The first kappa shape index (κ1) is 39.7. The third-order valence-corrected chi connectivity index (χ3v) is 17.1. The Kier molecular flexibility index (Phi) is 9.96. The molecule has 0 amide bonds. The molecule has 5 saturated carbocycles. The van der Waals surface area contributed by atoms with E-state index >= 15 is 0 Å². The van der Waals surface area contributed by atoms with Gasteiger partial charge in [-0.2, -0.15) is 0 Å². The fraction of sp³-hybridized carbons (Fsp3) is 1.00. The van der Waals surface area contributed by atoms with Gasteiger partial charge in [0.05, 0.1) is 37.1 Å². The predicted molar refractivity (Wildman–Crippen MR) is 188 cm³/mol. The van der Waals surface area contributed by atoms with Crippen molar-refractivity contribution >= 4 is 0 Å². The van der Waals surface area contributed by atoms with Crippen LogP contribution in [-0.2, 0) is 18.9 Å². The van der Waals surface area contributed by atoms with Gasteiger partial charge in [-0.3, -0.25) is 0 Å². The fourth-order valence-electron chi connectivity index (χ4n) is 14.7. The average Bonchev–Trinajstić information content (AvgIpc) is 3.42. The van der Waals surface area contributed by atoms with Gasteiger partial charge < -0.3 is 59.8 Å². The highest BCUT2D eigenvalue weighted by Crippen LogP contribution is 2.78. The largest absolute Gasteiger partial charge is 0.393 e. The van der Waals surface area contributed by atoms with Crippen molar-refractivity contribution in [2.24, 2.45) is 56.7 Å². The molecule has 2 heterocycles. The summed E-state index contributed by atoms with van der Waals surface area (Å²) in [5.74, 6) is 0.451. The van der Waals surface area contributed by atoms with Gasteiger partial charge in [-0.05, 0) is 122 Å². The Morgan fingerprint density at radius 2 is 1.10 bits per heavy atom. The van der Waals surface area contributed by atoms with Crippen LogP contribution in [0.15, 0.2) is 0 Å². The van der Waals surface area contributed by atoms with Gasteiger partial charge in [0.2, 0.25) is 0 Å². The minimum absolute atomic E-state index is 0.00640. The van der Waals surface area contributed by atoms with Crippen LogP contribution in [0.5, 0.6) is 0 Å². The van der Waals surface area contributed by atoms with Gasteiger partial charge in [0, 0.05) is 0 Å². The quantitative estimate of drug-likeness (QED) is 0.191. The van der Waals surface area contributed by atoms with Crippen LogP contribution >= 0.6 is 0 Å². The molecule has 7 rings (SSSR count). The molecule has 7 aliphatic rings. The molecule has 0 aromatic rings. The summed E-state index contributed by atoms with van der Waals surface area (Å²) in [6.07, 6.45) is -5.33. The minimum Gasteiger partial charge on any atom is -0.393 e. The molecule has 20 atom stereocenters. The third kappa shape index (κ3) is 5.66. The fourth-order valence-corrected chi connectivity index (χ4v) is 14.7. The van der Waals surface area contributed by atoms with Crippen LogP contribution in [0.1, 0.15) is 107 Å². The summed E-state index contributed by atoms with van der Waals surface area (Å²) < 4.78 is 25.1. The second-order valence-electron chi connectivity index (χ2n) is 20.5. The summed E-state index contributed by atoms with van der Waals surface area (Å²) in [7, 11) is 0. The Morgan fingerprint density at radius 3 is 1.65 bits per heavy atom. The van der Waals surface area contributed by atoms with Gasteiger partial charge in [-0.15, -0.1) is 0 Å². The van der Waals surface area contributed by atoms with E-state index in [4.69, 9.17) is 18.9 Å². The number of rotatable bonds is 5. The van der Waals surface area contributed by atoms with Crippen LogP contribution in [-0.4, -0.2) is 127 Å². The lowest BCUT2D eigenvalue weighted by atomic mass is 9.31. The first-order chi connectivity index (χ1) is 24.0. The van der Waals surface area contributed by atoms with Gasteiger partial charge >= 0.3 is 0 Å². The molecule has 2 aliphatic heterocycles. The number of hydrogen-bond donors (Lipinski definition) is 8. The Balaban J connectivity index is 1.26. The first-order valence-electron chi connectivity index (χ1n) is 20.1. The van der Waals surface area contributed by atoms with E-state index in [1.807, 2.05) is 13.8 Å². The zero-order chi connectivity index (χ0) is 38.1. The highest BCUT2D eigenvalue weighted by Gasteiger charge is 2.74. The van der Waals surface area contributed by atoms with Crippen molar-refractivity contribution in [3.8, 4) is 0 Å². The maximum Gasteiger partial charge on any atom is 0.186 e. The van der Waals surface area contributed by atoms with Crippen LogP contribution < -0.4 is 0 Å². The predicted octanol–water partition coefficient (Wildman–Crippen LogP) is 2.09. The second-order valence-corrected chi connectivity index (χ2v) is 20.5. The van der Waals surface area contributed by atoms with E-state index in [1.165, 1.54) is 0 Å². The van der Waals surface area contributed by atoms with Gasteiger partial charge in [0.25, 0.3) is 0 Å². The summed E-state index contributed by atoms with van der Waals surface area (Å²) in [5.41, 5.74) is -2.48. The molecule has 8 N–H and O–H groups in total. The summed E-state index contributed by atoms with van der Waals surface area (Å²) in [6.45, 7) is 17.3. The minimum atomic E-state index is -1.46. The maximum atomic E-state index is 12.2. The molecule has 0 radical (unpaired) electrons. The number of fused-ring (bicyclic) bond motifs is 7. The third-order valence-electron chi connectivity index (χ3n) is 17.1. The molecule has 0 bridgehead atoms. The Labute approximate surface area is 309 Å². The Bertz CT molecular complexity index is 1320. The molecule has 5 aliphatic carbocycles. The molecule has 7 fully saturated rings. The van der Waals surface area contributed by atoms with Crippen LogP contribution in [0.3, 0.4) is 0 Å². The van der Waals surface area contributed by atoms with Crippen molar-refractivity contribution in [3.05, 3.63) is 0 Å². The highest BCUT2D eigenvalue weighted by molar-refractivity contribution is 5.23. The van der Waals surface area contributed by atoms with Crippen molar-refractivity contribution in [2.45, 2.75) is 180 Å². The van der Waals surface area contributed by atoms with Crippen LogP contribution in [0.4, 0.5) is 0 Å². The molecular formula is C40H68O12. The molecule has 52 heavy (non-hydrogen) atoms. The summed E-state index contributed by atoms with van der Waals surface area (Å²) in [5, 5.41) is 86.9. The van der Waals surface area contributed by atoms with Crippen molar-refractivity contribution in [1.82, 2.24) is 0 Å².